The highest BCUT2D eigenvalue weighted by Crippen LogP contribution is 2.41. The Morgan fingerprint density at radius 1 is 0.667 bits per heavy atom. The lowest BCUT2D eigenvalue weighted by molar-refractivity contribution is 0.889. The van der Waals surface area contributed by atoms with Gasteiger partial charge in [-0.3, -0.25) is 0 Å². The van der Waals surface area contributed by atoms with E-state index in [1.807, 2.05) is 12.1 Å². The van der Waals surface area contributed by atoms with Crippen LogP contribution in [0.25, 0.3) is 72.0 Å². The molecular formula is C36H23N3. The molecule has 3 aromatic heterocycles. The Labute approximate surface area is 225 Å². The van der Waals surface area contributed by atoms with Gasteiger partial charge in [-0.2, -0.15) is 0 Å². The molecule has 39 heavy (non-hydrogen) atoms. The van der Waals surface area contributed by atoms with Gasteiger partial charge in [0.05, 0.1) is 22.2 Å². The number of nitrogens with one attached hydrogen (secondary N) is 1. The van der Waals surface area contributed by atoms with Crippen LogP contribution < -0.4 is 0 Å². The van der Waals surface area contributed by atoms with Gasteiger partial charge in [-0.1, -0.05) is 66.7 Å². The molecule has 0 radical (unpaired) electrons. The summed E-state index contributed by atoms with van der Waals surface area (Å²) in [5.74, 6) is 0. The maximum Gasteiger partial charge on any atom is 0.0641 e. The number of allylic oxidation sites excluding steroid dienone is 1. The van der Waals surface area contributed by atoms with Gasteiger partial charge in [0.15, 0.2) is 0 Å². The summed E-state index contributed by atoms with van der Waals surface area (Å²) in [6, 6.07) is 41.2. The van der Waals surface area contributed by atoms with E-state index < -0.39 is 0 Å². The molecule has 3 nitrogen and oxygen atoms in total. The van der Waals surface area contributed by atoms with Gasteiger partial charge in [-0.05, 0) is 61.4 Å². The Balaban J connectivity index is 1.43. The number of hydrogen-bond acceptors (Lipinski definition) is 0. The molecule has 3 heterocycles. The molecule has 0 amide bonds. The Hall–Kier alpha value is -5.20. The molecule has 9 rings (SSSR count). The average Bonchev–Trinajstić information content (AvgIpc) is 3.65. The summed E-state index contributed by atoms with van der Waals surface area (Å²) in [6.45, 7) is 0. The zero-order chi connectivity index (χ0) is 25.5. The van der Waals surface area contributed by atoms with E-state index >= 15 is 0 Å². The quantitative estimate of drug-likeness (QED) is 0.247. The smallest absolute Gasteiger partial charge is 0.0641 e. The highest BCUT2D eigenvalue weighted by molar-refractivity contribution is 6.25. The standard InChI is InChI=1S/C36H23N3/c1-2-10-23(11-3-1)39-34-17-9-6-14-27(34)28-19-21-31-35(36(28)39)29-22-24(18-20-30(29)37-31)38-32-15-7-4-12-25(32)26-13-5-8-16-33(26)38/h2,4-7,9-15,17-22,37H,8,16H2. The fourth-order valence-corrected chi connectivity index (χ4v) is 6.78. The van der Waals surface area contributed by atoms with Crippen LogP contribution in [-0.4, -0.2) is 14.1 Å². The molecule has 0 atom stereocenters. The van der Waals surface area contributed by atoms with Crippen molar-refractivity contribution in [3.05, 3.63) is 127 Å². The third kappa shape index (κ3) is 2.78. The SMILES string of the molecule is c1ccc(-n2c3ccccc3c3ccc4[nH]c5ccc(-n6c7c(c8ccccc86)C=CCC7)cc5c4c32)cc#1. The Morgan fingerprint density at radius 2 is 1.49 bits per heavy atom. The number of fused-ring (bicyclic) bond motifs is 10. The van der Waals surface area contributed by atoms with Crippen LogP contribution in [0.3, 0.4) is 0 Å². The maximum absolute atomic E-state index is 3.72. The van der Waals surface area contributed by atoms with E-state index in [0.29, 0.717) is 0 Å². The first kappa shape index (κ1) is 20.8. The summed E-state index contributed by atoms with van der Waals surface area (Å²) in [7, 11) is 0. The first-order valence-electron chi connectivity index (χ1n) is 13.5. The van der Waals surface area contributed by atoms with Crippen molar-refractivity contribution in [1.29, 1.82) is 0 Å². The summed E-state index contributed by atoms with van der Waals surface area (Å²) in [4.78, 5) is 3.72. The molecule has 8 aromatic rings. The second-order valence-corrected chi connectivity index (χ2v) is 10.4. The number of rotatable bonds is 2. The molecule has 0 bridgehead atoms. The molecular weight excluding hydrogens is 474 g/mol. The maximum atomic E-state index is 3.72. The lowest BCUT2D eigenvalue weighted by Gasteiger charge is -2.14. The zero-order valence-corrected chi connectivity index (χ0v) is 21.2. The minimum atomic E-state index is 1.05. The van der Waals surface area contributed by atoms with Gasteiger partial charge in [0.2, 0.25) is 0 Å². The topological polar surface area (TPSA) is 25.6 Å². The van der Waals surface area contributed by atoms with Crippen molar-refractivity contribution in [3.8, 4) is 11.4 Å². The van der Waals surface area contributed by atoms with Crippen molar-refractivity contribution in [3.63, 3.8) is 0 Å². The number of benzene rings is 4. The molecule has 182 valence electrons. The van der Waals surface area contributed by atoms with E-state index in [2.05, 4.69) is 123 Å². The third-order valence-corrected chi connectivity index (χ3v) is 8.38. The van der Waals surface area contributed by atoms with E-state index in [4.69, 9.17) is 0 Å². The van der Waals surface area contributed by atoms with Crippen molar-refractivity contribution in [2.45, 2.75) is 12.8 Å². The van der Waals surface area contributed by atoms with E-state index in [0.717, 1.165) is 29.6 Å². The highest BCUT2D eigenvalue weighted by Gasteiger charge is 2.21. The van der Waals surface area contributed by atoms with Crippen LogP contribution >= 0.6 is 0 Å². The Kier molecular flexibility index (Phi) is 4.09. The molecule has 5 aromatic carbocycles. The molecule has 0 aliphatic heterocycles. The Bertz CT molecular complexity index is 2270. The van der Waals surface area contributed by atoms with E-state index in [1.54, 1.807) is 0 Å². The van der Waals surface area contributed by atoms with Gasteiger partial charge < -0.3 is 14.1 Å². The summed E-state index contributed by atoms with van der Waals surface area (Å²) >= 11 is 0. The van der Waals surface area contributed by atoms with Crippen LogP contribution in [0.15, 0.2) is 103 Å². The second kappa shape index (κ2) is 7.66. The summed E-state index contributed by atoms with van der Waals surface area (Å²) in [5.41, 5.74) is 11.0. The fraction of sp³-hybridized carbons (Fsp3) is 0.0556. The molecule has 0 saturated heterocycles. The van der Waals surface area contributed by atoms with E-state index in [-0.39, 0.29) is 0 Å². The lowest BCUT2D eigenvalue weighted by atomic mass is 10.0. The number of H-pyrrole nitrogens is 1. The van der Waals surface area contributed by atoms with Crippen LogP contribution in [0.5, 0.6) is 0 Å². The predicted molar refractivity (Wildman–Crippen MR) is 162 cm³/mol. The number of para-hydroxylation sites is 2. The van der Waals surface area contributed by atoms with E-state index in [1.165, 1.54) is 60.4 Å². The van der Waals surface area contributed by atoms with Gasteiger partial charge >= 0.3 is 0 Å². The second-order valence-electron chi connectivity index (χ2n) is 10.4. The largest absolute Gasteiger partial charge is 0.354 e. The third-order valence-electron chi connectivity index (χ3n) is 8.38. The van der Waals surface area contributed by atoms with Crippen molar-refractivity contribution >= 4 is 60.6 Å². The van der Waals surface area contributed by atoms with Crippen molar-refractivity contribution < 1.29 is 0 Å². The molecule has 1 aliphatic rings. The Morgan fingerprint density at radius 3 is 2.36 bits per heavy atom. The summed E-state index contributed by atoms with van der Waals surface area (Å²) in [5, 5.41) is 6.32. The molecule has 1 N–H and O–H groups in total. The lowest BCUT2D eigenvalue weighted by Crippen LogP contribution is -2.02. The average molecular weight is 498 g/mol. The van der Waals surface area contributed by atoms with Gasteiger partial charge in [0.25, 0.3) is 0 Å². The van der Waals surface area contributed by atoms with Gasteiger partial charge in [0.1, 0.15) is 0 Å². The van der Waals surface area contributed by atoms with E-state index in [9.17, 15) is 0 Å². The van der Waals surface area contributed by atoms with Crippen LogP contribution in [0.1, 0.15) is 17.7 Å². The van der Waals surface area contributed by atoms with Gasteiger partial charge in [-0.15, -0.1) is 0 Å². The van der Waals surface area contributed by atoms with Crippen LogP contribution in [0, 0.1) is 12.1 Å². The minimum absolute atomic E-state index is 1.05. The van der Waals surface area contributed by atoms with Crippen LogP contribution in [0.2, 0.25) is 0 Å². The molecule has 0 unspecified atom stereocenters. The number of hydrogen-bond donors (Lipinski definition) is 1. The molecule has 0 fully saturated rings. The van der Waals surface area contributed by atoms with Crippen LogP contribution in [-0.2, 0) is 6.42 Å². The highest BCUT2D eigenvalue weighted by atomic mass is 15.0. The summed E-state index contributed by atoms with van der Waals surface area (Å²) < 4.78 is 4.86. The number of aromatic amines is 1. The molecule has 0 spiro atoms. The fourth-order valence-electron chi connectivity index (χ4n) is 6.78. The van der Waals surface area contributed by atoms with Crippen molar-refractivity contribution in [2.24, 2.45) is 0 Å². The first-order valence-corrected chi connectivity index (χ1v) is 13.5. The molecule has 1 aliphatic carbocycles. The normalized spacial score (nSPS) is 13.1. The summed E-state index contributed by atoms with van der Waals surface area (Å²) in [6.07, 6.45) is 6.73. The molecule has 3 heteroatoms. The number of aromatic nitrogens is 3. The predicted octanol–water partition coefficient (Wildman–Crippen LogP) is 8.92. The number of nitrogens with zero attached hydrogens (tertiary/aromatic N) is 2. The van der Waals surface area contributed by atoms with Crippen LogP contribution in [0.4, 0.5) is 0 Å². The minimum Gasteiger partial charge on any atom is -0.354 e. The monoisotopic (exact) mass is 497 g/mol. The molecule has 0 saturated carbocycles. The van der Waals surface area contributed by atoms with Gasteiger partial charge in [0, 0.05) is 61.0 Å². The zero-order valence-electron chi connectivity index (χ0n) is 21.2. The first-order chi connectivity index (χ1) is 19.4. The van der Waals surface area contributed by atoms with Gasteiger partial charge in [-0.25, -0.2) is 0 Å². The van der Waals surface area contributed by atoms with Crippen molar-refractivity contribution in [2.75, 3.05) is 0 Å². The van der Waals surface area contributed by atoms with Crippen molar-refractivity contribution in [1.82, 2.24) is 14.1 Å².